The zero-order valence-electron chi connectivity index (χ0n) is 20.0. The number of aryl methyl sites for hydroxylation is 1. The van der Waals surface area contributed by atoms with E-state index in [1.807, 2.05) is 60.4 Å². The molecular formula is C28H28ClN5O. The second-order valence-corrected chi connectivity index (χ2v) is 9.68. The number of urea groups is 1. The number of carbonyl (C=O) groups excluding carboxylic acids is 1. The van der Waals surface area contributed by atoms with E-state index >= 15 is 0 Å². The predicted octanol–water partition coefficient (Wildman–Crippen LogP) is 5.53. The van der Waals surface area contributed by atoms with E-state index in [-0.39, 0.29) is 6.03 Å². The van der Waals surface area contributed by atoms with Gasteiger partial charge in [0.05, 0.1) is 28.0 Å². The Morgan fingerprint density at radius 2 is 1.66 bits per heavy atom. The molecule has 0 aromatic heterocycles. The number of nitriles is 1. The first-order valence-electron chi connectivity index (χ1n) is 11.9. The number of hydrogen-bond donors (Lipinski definition) is 1. The number of nitrogens with one attached hydrogen (secondary N) is 1. The number of piperazine rings is 1. The van der Waals surface area contributed by atoms with Crippen LogP contribution in [0.5, 0.6) is 0 Å². The highest BCUT2D eigenvalue weighted by Crippen LogP contribution is 2.38. The summed E-state index contributed by atoms with van der Waals surface area (Å²) in [6.07, 6.45) is 0.794. The van der Waals surface area contributed by atoms with E-state index in [4.69, 9.17) is 16.9 Å². The van der Waals surface area contributed by atoms with Crippen LogP contribution in [0.15, 0.2) is 54.6 Å². The molecule has 3 aromatic rings. The van der Waals surface area contributed by atoms with Crippen molar-refractivity contribution in [3.05, 3.63) is 76.3 Å². The Balaban J connectivity index is 1.31. The third-order valence-corrected chi connectivity index (χ3v) is 7.25. The Kier molecular flexibility index (Phi) is 6.38. The van der Waals surface area contributed by atoms with Gasteiger partial charge in [-0.2, -0.15) is 5.26 Å². The van der Waals surface area contributed by atoms with E-state index in [1.165, 1.54) is 0 Å². The molecule has 35 heavy (non-hydrogen) atoms. The summed E-state index contributed by atoms with van der Waals surface area (Å²) in [5.74, 6) is 0. The molecule has 5 rings (SSSR count). The lowest BCUT2D eigenvalue weighted by atomic mass is 10.0. The number of halogens is 1. The van der Waals surface area contributed by atoms with Crippen molar-refractivity contribution in [3.8, 4) is 17.2 Å². The number of hydrogen-bond acceptors (Lipinski definition) is 4. The van der Waals surface area contributed by atoms with Crippen molar-refractivity contribution >= 4 is 34.7 Å². The van der Waals surface area contributed by atoms with Gasteiger partial charge in [0.25, 0.3) is 0 Å². The first kappa shape index (κ1) is 23.2. The molecule has 0 aliphatic carbocycles. The maximum atomic E-state index is 13.2. The van der Waals surface area contributed by atoms with Crippen molar-refractivity contribution in [2.24, 2.45) is 0 Å². The fourth-order valence-electron chi connectivity index (χ4n) is 4.80. The largest absolute Gasteiger partial charge is 0.368 e. The van der Waals surface area contributed by atoms with Crippen molar-refractivity contribution in [1.82, 2.24) is 4.90 Å². The van der Waals surface area contributed by atoms with Crippen LogP contribution in [0.2, 0.25) is 5.02 Å². The highest BCUT2D eigenvalue weighted by molar-refractivity contribution is 6.33. The first-order chi connectivity index (χ1) is 16.9. The van der Waals surface area contributed by atoms with Gasteiger partial charge in [0, 0.05) is 38.4 Å². The first-order valence-corrected chi connectivity index (χ1v) is 12.3. The minimum atomic E-state index is -0.141. The SMILES string of the molecule is Cc1cc(-c2ccc(NC(=O)N3CCc4cc(Cl)c(N5CCN(C)CC5)cc43)cc2)ccc1C#N. The number of nitrogens with zero attached hydrogens (tertiary/aromatic N) is 4. The molecule has 0 saturated carbocycles. The Labute approximate surface area is 211 Å². The highest BCUT2D eigenvalue weighted by atomic mass is 35.5. The van der Waals surface area contributed by atoms with Crippen molar-refractivity contribution in [2.75, 3.05) is 54.9 Å². The van der Waals surface area contributed by atoms with Gasteiger partial charge in [-0.3, -0.25) is 4.90 Å². The van der Waals surface area contributed by atoms with Crippen molar-refractivity contribution < 1.29 is 4.79 Å². The molecule has 0 radical (unpaired) electrons. The molecule has 178 valence electrons. The lowest BCUT2D eigenvalue weighted by Crippen LogP contribution is -2.44. The molecule has 1 N–H and O–H groups in total. The average Bonchev–Trinajstić information content (AvgIpc) is 3.27. The molecule has 2 aliphatic heterocycles. The van der Waals surface area contributed by atoms with E-state index in [9.17, 15) is 4.79 Å². The van der Waals surface area contributed by atoms with Gasteiger partial charge < -0.3 is 15.1 Å². The lowest BCUT2D eigenvalue weighted by molar-refractivity contribution is 0.257. The second kappa shape index (κ2) is 9.61. The molecule has 3 aromatic carbocycles. The molecule has 2 heterocycles. The summed E-state index contributed by atoms with van der Waals surface area (Å²) >= 11 is 6.64. The summed E-state index contributed by atoms with van der Waals surface area (Å²) < 4.78 is 0. The van der Waals surface area contributed by atoms with Crippen LogP contribution in [-0.2, 0) is 6.42 Å². The summed E-state index contributed by atoms with van der Waals surface area (Å²) in [5.41, 5.74) is 7.49. The standard InChI is InChI=1S/C28H28ClN5O/c1-19-15-21(3-4-23(19)18-30)20-5-7-24(8-6-20)31-28(35)34-10-9-22-16-25(29)27(17-26(22)34)33-13-11-32(2)12-14-33/h3-8,15-17H,9-14H2,1-2H3,(H,31,35). The molecule has 0 atom stereocenters. The van der Waals surface area contributed by atoms with E-state index in [0.717, 1.165) is 76.9 Å². The van der Waals surface area contributed by atoms with E-state index < -0.39 is 0 Å². The van der Waals surface area contributed by atoms with Gasteiger partial charge >= 0.3 is 6.03 Å². The fourth-order valence-corrected chi connectivity index (χ4v) is 5.11. The van der Waals surface area contributed by atoms with Crippen LogP contribution in [0.3, 0.4) is 0 Å². The zero-order valence-corrected chi connectivity index (χ0v) is 20.8. The van der Waals surface area contributed by atoms with E-state index in [0.29, 0.717) is 12.1 Å². The number of rotatable bonds is 3. The van der Waals surface area contributed by atoms with Gasteiger partial charge in [0.2, 0.25) is 0 Å². The summed E-state index contributed by atoms with van der Waals surface area (Å²) in [6, 6.07) is 19.7. The molecule has 0 unspecified atom stereocenters. The van der Waals surface area contributed by atoms with Gasteiger partial charge in [-0.15, -0.1) is 0 Å². The Hall–Kier alpha value is -3.53. The molecule has 0 spiro atoms. The topological polar surface area (TPSA) is 62.6 Å². The Morgan fingerprint density at radius 1 is 0.943 bits per heavy atom. The van der Waals surface area contributed by atoms with Crippen molar-refractivity contribution in [1.29, 1.82) is 5.26 Å². The molecule has 7 heteroatoms. The second-order valence-electron chi connectivity index (χ2n) is 9.27. The summed E-state index contributed by atoms with van der Waals surface area (Å²) in [4.78, 5) is 19.6. The van der Waals surface area contributed by atoms with Gasteiger partial charge in [-0.05, 0) is 73.0 Å². The minimum absolute atomic E-state index is 0.141. The maximum absolute atomic E-state index is 13.2. The lowest BCUT2D eigenvalue weighted by Gasteiger charge is -2.35. The highest BCUT2D eigenvalue weighted by Gasteiger charge is 2.28. The van der Waals surface area contributed by atoms with Gasteiger partial charge in [0.15, 0.2) is 0 Å². The van der Waals surface area contributed by atoms with Crippen LogP contribution in [0, 0.1) is 18.3 Å². The molecule has 6 nitrogen and oxygen atoms in total. The van der Waals surface area contributed by atoms with Crippen LogP contribution < -0.4 is 15.1 Å². The summed E-state index contributed by atoms with van der Waals surface area (Å²) in [7, 11) is 2.13. The average molecular weight is 486 g/mol. The van der Waals surface area contributed by atoms with Crippen LogP contribution in [-0.4, -0.2) is 50.7 Å². The van der Waals surface area contributed by atoms with Crippen LogP contribution in [0.4, 0.5) is 21.9 Å². The predicted molar refractivity (Wildman–Crippen MR) is 143 cm³/mol. The van der Waals surface area contributed by atoms with Crippen LogP contribution in [0.1, 0.15) is 16.7 Å². The summed E-state index contributed by atoms with van der Waals surface area (Å²) in [5, 5.41) is 12.9. The third-order valence-electron chi connectivity index (χ3n) is 6.95. The monoisotopic (exact) mass is 485 g/mol. The fraction of sp³-hybridized carbons (Fsp3) is 0.286. The maximum Gasteiger partial charge on any atom is 0.326 e. The van der Waals surface area contributed by atoms with Crippen LogP contribution >= 0.6 is 11.6 Å². The summed E-state index contributed by atoms with van der Waals surface area (Å²) in [6.45, 7) is 6.41. The molecule has 1 saturated heterocycles. The molecule has 2 aliphatic rings. The number of likely N-dealkylation sites (N-methyl/N-ethyl adjacent to an activating group) is 1. The van der Waals surface area contributed by atoms with Gasteiger partial charge in [-0.1, -0.05) is 35.9 Å². The zero-order chi connectivity index (χ0) is 24.5. The van der Waals surface area contributed by atoms with Crippen molar-refractivity contribution in [2.45, 2.75) is 13.3 Å². The smallest absolute Gasteiger partial charge is 0.326 e. The number of anilines is 3. The molecule has 2 amide bonds. The van der Waals surface area contributed by atoms with E-state index in [2.05, 4.69) is 34.3 Å². The minimum Gasteiger partial charge on any atom is -0.368 e. The van der Waals surface area contributed by atoms with E-state index in [1.54, 1.807) is 0 Å². The molecular weight excluding hydrogens is 458 g/mol. The number of amides is 2. The third kappa shape index (κ3) is 4.70. The number of benzene rings is 3. The van der Waals surface area contributed by atoms with Gasteiger partial charge in [-0.25, -0.2) is 4.79 Å². The molecule has 0 bridgehead atoms. The number of carbonyl (C=O) groups is 1. The van der Waals surface area contributed by atoms with Crippen LogP contribution in [0.25, 0.3) is 11.1 Å². The Bertz CT molecular complexity index is 1310. The van der Waals surface area contributed by atoms with Crippen molar-refractivity contribution in [3.63, 3.8) is 0 Å². The normalized spacial score (nSPS) is 15.6. The number of fused-ring (bicyclic) bond motifs is 1. The van der Waals surface area contributed by atoms with Gasteiger partial charge in [0.1, 0.15) is 0 Å². The quantitative estimate of drug-likeness (QED) is 0.529. The Morgan fingerprint density at radius 3 is 2.34 bits per heavy atom. The molecule has 1 fully saturated rings.